The molecule has 0 saturated carbocycles. The van der Waals surface area contributed by atoms with Gasteiger partial charge in [-0.1, -0.05) is 32.9 Å². The van der Waals surface area contributed by atoms with Crippen molar-refractivity contribution in [3.05, 3.63) is 35.4 Å². The lowest BCUT2D eigenvalue weighted by Crippen LogP contribution is -2.55. The van der Waals surface area contributed by atoms with Crippen LogP contribution in [-0.2, 0) is 5.41 Å². The van der Waals surface area contributed by atoms with Gasteiger partial charge >= 0.3 is 0 Å². The maximum absolute atomic E-state index is 12.5. The fourth-order valence-corrected chi connectivity index (χ4v) is 3.17. The SMILES string of the molecule is CC(C)(C)c1ccc(C(=O)N2CCC3(CNC3)C2)cc1. The molecule has 0 unspecified atom stereocenters. The number of carbonyl (C=O) groups excluding carboxylic acids is 1. The topological polar surface area (TPSA) is 32.3 Å². The quantitative estimate of drug-likeness (QED) is 0.851. The summed E-state index contributed by atoms with van der Waals surface area (Å²) >= 11 is 0. The summed E-state index contributed by atoms with van der Waals surface area (Å²) in [6, 6.07) is 8.13. The molecule has 0 radical (unpaired) electrons. The molecule has 2 heterocycles. The van der Waals surface area contributed by atoms with Gasteiger partial charge in [0.2, 0.25) is 0 Å². The molecular weight excluding hydrogens is 248 g/mol. The second-order valence-electron chi connectivity index (χ2n) is 7.41. The van der Waals surface area contributed by atoms with Crippen molar-refractivity contribution >= 4 is 5.91 Å². The van der Waals surface area contributed by atoms with Gasteiger partial charge in [-0.25, -0.2) is 0 Å². The van der Waals surface area contributed by atoms with E-state index in [1.807, 2.05) is 17.0 Å². The second-order valence-corrected chi connectivity index (χ2v) is 7.41. The van der Waals surface area contributed by atoms with Gasteiger partial charge < -0.3 is 10.2 Å². The predicted molar refractivity (Wildman–Crippen MR) is 81.0 cm³/mol. The van der Waals surface area contributed by atoms with Gasteiger partial charge in [-0.05, 0) is 29.5 Å². The lowest BCUT2D eigenvalue weighted by molar-refractivity contribution is 0.0752. The van der Waals surface area contributed by atoms with E-state index in [9.17, 15) is 4.79 Å². The van der Waals surface area contributed by atoms with Gasteiger partial charge in [-0.3, -0.25) is 4.79 Å². The van der Waals surface area contributed by atoms with Crippen molar-refractivity contribution in [2.24, 2.45) is 5.41 Å². The molecule has 108 valence electrons. The lowest BCUT2D eigenvalue weighted by Gasteiger charge is -2.39. The summed E-state index contributed by atoms with van der Waals surface area (Å²) in [5, 5.41) is 3.33. The second kappa shape index (κ2) is 4.59. The van der Waals surface area contributed by atoms with Gasteiger partial charge in [0.25, 0.3) is 5.91 Å². The van der Waals surface area contributed by atoms with Crippen molar-refractivity contribution in [2.45, 2.75) is 32.6 Å². The van der Waals surface area contributed by atoms with E-state index in [1.54, 1.807) is 0 Å². The van der Waals surface area contributed by atoms with Crippen LogP contribution >= 0.6 is 0 Å². The van der Waals surface area contributed by atoms with E-state index in [0.717, 1.165) is 38.2 Å². The Balaban J connectivity index is 1.71. The highest BCUT2D eigenvalue weighted by molar-refractivity contribution is 5.94. The fourth-order valence-electron chi connectivity index (χ4n) is 3.17. The highest BCUT2D eigenvalue weighted by Crippen LogP contribution is 2.34. The molecule has 2 saturated heterocycles. The van der Waals surface area contributed by atoms with Crippen LogP contribution in [0.4, 0.5) is 0 Å². The molecule has 20 heavy (non-hydrogen) atoms. The summed E-state index contributed by atoms with van der Waals surface area (Å²) in [5.41, 5.74) is 2.61. The van der Waals surface area contributed by atoms with E-state index < -0.39 is 0 Å². The minimum atomic E-state index is 0.136. The van der Waals surface area contributed by atoms with Crippen molar-refractivity contribution in [1.29, 1.82) is 0 Å². The van der Waals surface area contributed by atoms with Crippen LogP contribution in [0, 0.1) is 5.41 Å². The Morgan fingerprint density at radius 1 is 1.20 bits per heavy atom. The molecule has 2 aliphatic heterocycles. The summed E-state index contributed by atoms with van der Waals surface area (Å²) in [7, 11) is 0. The van der Waals surface area contributed by atoms with Crippen LogP contribution in [-0.4, -0.2) is 37.0 Å². The van der Waals surface area contributed by atoms with E-state index >= 15 is 0 Å². The van der Waals surface area contributed by atoms with Crippen LogP contribution in [0.25, 0.3) is 0 Å². The zero-order chi connectivity index (χ0) is 14.4. The number of hydrogen-bond donors (Lipinski definition) is 1. The number of likely N-dealkylation sites (tertiary alicyclic amines) is 1. The average molecular weight is 272 g/mol. The zero-order valence-electron chi connectivity index (χ0n) is 12.7. The first-order valence-electron chi connectivity index (χ1n) is 7.50. The van der Waals surface area contributed by atoms with Gasteiger partial charge in [-0.15, -0.1) is 0 Å². The molecule has 0 aromatic heterocycles. The van der Waals surface area contributed by atoms with Crippen LogP contribution in [0.3, 0.4) is 0 Å². The standard InChI is InChI=1S/C17H24N2O/c1-16(2,3)14-6-4-13(5-7-14)15(20)19-9-8-17(12-19)10-18-11-17/h4-7,18H,8-12H2,1-3H3. The average Bonchev–Trinajstić information content (AvgIpc) is 2.82. The van der Waals surface area contributed by atoms with E-state index in [-0.39, 0.29) is 11.3 Å². The highest BCUT2D eigenvalue weighted by Gasteiger charge is 2.44. The molecule has 3 heteroatoms. The molecule has 1 aromatic carbocycles. The lowest BCUT2D eigenvalue weighted by atomic mass is 9.81. The molecule has 0 atom stereocenters. The monoisotopic (exact) mass is 272 g/mol. The Hall–Kier alpha value is -1.35. The van der Waals surface area contributed by atoms with Crippen molar-refractivity contribution < 1.29 is 4.79 Å². The van der Waals surface area contributed by atoms with Gasteiger partial charge in [0.15, 0.2) is 0 Å². The molecule has 0 bridgehead atoms. The molecule has 0 aliphatic carbocycles. The van der Waals surface area contributed by atoms with Crippen molar-refractivity contribution in [2.75, 3.05) is 26.2 Å². The first-order valence-corrected chi connectivity index (χ1v) is 7.50. The third-order valence-corrected chi connectivity index (χ3v) is 4.72. The molecular formula is C17H24N2O. The molecule has 2 aliphatic rings. The van der Waals surface area contributed by atoms with E-state index in [0.29, 0.717) is 5.41 Å². The molecule has 3 rings (SSSR count). The number of nitrogens with one attached hydrogen (secondary N) is 1. The van der Waals surface area contributed by atoms with E-state index in [2.05, 4.69) is 38.2 Å². The molecule has 3 nitrogen and oxygen atoms in total. The maximum Gasteiger partial charge on any atom is 0.253 e. The molecule has 2 fully saturated rings. The van der Waals surface area contributed by atoms with Gasteiger partial charge in [-0.2, -0.15) is 0 Å². The third kappa shape index (κ3) is 2.35. The van der Waals surface area contributed by atoms with Crippen LogP contribution in [0.1, 0.15) is 43.1 Å². The Labute approximate surface area is 121 Å². The zero-order valence-corrected chi connectivity index (χ0v) is 12.7. The predicted octanol–water partition coefficient (Wildman–Crippen LogP) is 2.42. The number of hydrogen-bond acceptors (Lipinski definition) is 2. The number of nitrogens with zero attached hydrogens (tertiary/aromatic N) is 1. The Bertz CT molecular complexity index is 509. The Morgan fingerprint density at radius 2 is 1.85 bits per heavy atom. The maximum atomic E-state index is 12.5. The van der Waals surface area contributed by atoms with Gasteiger partial charge in [0, 0.05) is 37.2 Å². The summed E-state index contributed by atoms with van der Waals surface area (Å²) in [6.45, 7) is 10.5. The van der Waals surface area contributed by atoms with E-state index in [1.165, 1.54) is 5.56 Å². The van der Waals surface area contributed by atoms with Gasteiger partial charge in [0.1, 0.15) is 0 Å². The molecule has 1 aromatic rings. The largest absolute Gasteiger partial charge is 0.338 e. The van der Waals surface area contributed by atoms with Crippen LogP contribution < -0.4 is 5.32 Å². The number of rotatable bonds is 1. The summed E-state index contributed by atoms with van der Waals surface area (Å²) in [5.74, 6) is 0.189. The van der Waals surface area contributed by atoms with Crippen molar-refractivity contribution in [3.63, 3.8) is 0 Å². The third-order valence-electron chi connectivity index (χ3n) is 4.72. The van der Waals surface area contributed by atoms with Crippen LogP contribution in [0.5, 0.6) is 0 Å². The summed E-state index contributed by atoms with van der Waals surface area (Å²) in [4.78, 5) is 14.6. The first-order chi connectivity index (χ1) is 9.40. The Kier molecular flexibility index (Phi) is 3.13. The molecule has 1 amide bonds. The summed E-state index contributed by atoms with van der Waals surface area (Å²) in [6.07, 6.45) is 1.14. The van der Waals surface area contributed by atoms with E-state index in [4.69, 9.17) is 0 Å². The first kappa shape index (κ1) is 13.6. The van der Waals surface area contributed by atoms with Crippen molar-refractivity contribution in [1.82, 2.24) is 10.2 Å². The molecule has 1 spiro atoms. The smallest absolute Gasteiger partial charge is 0.253 e. The van der Waals surface area contributed by atoms with Crippen LogP contribution in [0.15, 0.2) is 24.3 Å². The normalized spacial score (nSPS) is 21.1. The summed E-state index contributed by atoms with van der Waals surface area (Å²) < 4.78 is 0. The van der Waals surface area contributed by atoms with Crippen LogP contribution in [0.2, 0.25) is 0 Å². The highest BCUT2D eigenvalue weighted by atomic mass is 16.2. The van der Waals surface area contributed by atoms with Gasteiger partial charge in [0.05, 0.1) is 0 Å². The number of benzene rings is 1. The van der Waals surface area contributed by atoms with Crippen molar-refractivity contribution in [3.8, 4) is 0 Å². The fraction of sp³-hybridized carbons (Fsp3) is 0.588. The minimum absolute atomic E-state index is 0.136. The number of amides is 1. The molecule has 1 N–H and O–H groups in total. The minimum Gasteiger partial charge on any atom is -0.338 e. The Morgan fingerprint density at radius 3 is 2.30 bits per heavy atom. The number of carbonyl (C=O) groups is 1.